The molecule has 2 nitrogen and oxygen atoms in total. The molecule has 0 spiro atoms. The smallest absolute Gasteiger partial charge is 0.0555 e. The molecule has 1 aromatic rings. The fourth-order valence-corrected chi connectivity index (χ4v) is 2.07. The number of nitrogens with two attached hydrogens (primary N) is 1. The molecule has 0 fully saturated rings. The molecular weight excluding hydrogens is 220 g/mol. The van der Waals surface area contributed by atoms with Crippen molar-refractivity contribution < 1.29 is 0 Å². The number of benzene rings is 1. The number of rotatable bonds is 6. The third-order valence-corrected chi connectivity index (χ3v) is 2.82. The maximum Gasteiger partial charge on any atom is 0.0555 e. The normalized spacial score (nSPS) is 10.2. The molecule has 0 saturated heterocycles. The van der Waals surface area contributed by atoms with E-state index >= 15 is 0 Å². The molecule has 0 unspecified atom stereocenters. The van der Waals surface area contributed by atoms with Crippen molar-refractivity contribution >= 4 is 0 Å². The fraction of sp³-hybridized carbons (Fsp3) is 0.500. The quantitative estimate of drug-likeness (QED) is 0.779. The van der Waals surface area contributed by atoms with Gasteiger partial charge in [0.15, 0.2) is 0 Å². The Kier molecular flexibility index (Phi) is 7.17. The standard InChI is InChI=1S/C16H24N2/c1-3-12-18(13-4-2)14-16-9-6-5-8-15(16)10-7-11-17/h5-6,8-9H,3-4,11-14,17H2,1-2H3. The molecule has 2 N–H and O–H groups in total. The highest BCUT2D eigenvalue weighted by Gasteiger charge is 2.06. The summed E-state index contributed by atoms with van der Waals surface area (Å²) in [7, 11) is 0. The summed E-state index contributed by atoms with van der Waals surface area (Å²) in [5.41, 5.74) is 7.86. The van der Waals surface area contributed by atoms with Gasteiger partial charge in [-0.2, -0.15) is 0 Å². The van der Waals surface area contributed by atoms with Crippen LogP contribution in [0.25, 0.3) is 0 Å². The van der Waals surface area contributed by atoms with E-state index in [1.54, 1.807) is 0 Å². The Bertz CT molecular complexity index is 395. The summed E-state index contributed by atoms with van der Waals surface area (Å²) in [5, 5.41) is 0. The zero-order chi connectivity index (χ0) is 13.2. The molecule has 2 heteroatoms. The van der Waals surface area contributed by atoms with Gasteiger partial charge < -0.3 is 5.73 Å². The van der Waals surface area contributed by atoms with Crippen LogP contribution in [0.5, 0.6) is 0 Å². The van der Waals surface area contributed by atoms with Crippen molar-refractivity contribution in [2.75, 3.05) is 19.6 Å². The molecule has 0 radical (unpaired) electrons. The summed E-state index contributed by atoms with van der Waals surface area (Å²) < 4.78 is 0. The second kappa shape index (κ2) is 8.74. The van der Waals surface area contributed by atoms with Gasteiger partial charge in [0.2, 0.25) is 0 Å². The highest BCUT2D eigenvalue weighted by molar-refractivity contribution is 5.41. The molecule has 0 aliphatic rings. The third-order valence-electron chi connectivity index (χ3n) is 2.82. The van der Waals surface area contributed by atoms with Crippen LogP contribution in [0.2, 0.25) is 0 Å². The summed E-state index contributed by atoms with van der Waals surface area (Å²) in [6.07, 6.45) is 2.38. The fourth-order valence-electron chi connectivity index (χ4n) is 2.07. The van der Waals surface area contributed by atoms with E-state index in [2.05, 4.69) is 48.8 Å². The molecular formula is C16H24N2. The van der Waals surface area contributed by atoms with Crippen LogP contribution >= 0.6 is 0 Å². The average molecular weight is 244 g/mol. The van der Waals surface area contributed by atoms with E-state index in [4.69, 9.17) is 5.73 Å². The minimum Gasteiger partial charge on any atom is -0.320 e. The predicted octanol–water partition coefficient (Wildman–Crippen LogP) is 2.62. The van der Waals surface area contributed by atoms with Gasteiger partial charge in [-0.25, -0.2) is 0 Å². The van der Waals surface area contributed by atoms with Crippen LogP contribution in [0.15, 0.2) is 24.3 Å². The highest BCUT2D eigenvalue weighted by Crippen LogP contribution is 2.11. The van der Waals surface area contributed by atoms with E-state index in [9.17, 15) is 0 Å². The van der Waals surface area contributed by atoms with Crippen molar-refractivity contribution in [2.24, 2.45) is 5.73 Å². The molecule has 18 heavy (non-hydrogen) atoms. The van der Waals surface area contributed by atoms with Crippen LogP contribution in [0.1, 0.15) is 37.8 Å². The maximum atomic E-state index is 5.44. The lowest BCUT2D eigenvalue weighted by molar-refractivity contribution is 0.266. The third kappa shape index (κ3) is 4.91. The Hall–Kier alpha value is -1.30. The van der Waals surface area contributed by atoms with Gasteiger partial charge >= 0.3 is 0 Å². The Morgan fingerprint density at radius 1 is 1.11 bits per heavy atom. The van der Waals surface area contributed by atoms with E-state index in [1.807, 2.05) is 6.07 Å². The molecule has 0 aliphatic carbocycles. The van der Waals surface area contributed by atoms with Crippen molar-refractivity contribution in [3.8, 4) is 11.8 Å². The predicted molar refractivity (Wildman–Crippen MR) is 78.2 cm³/mol. The lowest BCUT2D eigenvalue weighted by Crippen LogP contribution is -2.25. The molecule has 0 saturated carbocycles. The van der Waals surface area contributed by atoms with Gasteiger partial charge in [0.1, 0.15) is 0 Å². The summed E-state index contributed by atoms with van der Waals surface area (Å²) in [6, 6.07) is 8.36. The van der Waals surface area contributed by atoms with E-state index in [-0.39, 0.29) is 0 Å². The van der Waals surface area contributed by atoms with Gasteiger partial charge in [-0.1, -0.05) is 43.9 Å². The highest BCUT2D eigenvalue weighted by atomic mass is 15.1. The Morgan fingerprint density at radius 2 is 1.78 bits per heavy atom. The SMILES string of the molecule is CCCN(CCC)Cc1ccccc1C#CCN. The molecule has 1 rings (SSSR count). The minimum atomic E-state index is 0.419. The first-order valence-electron chi connectivity index (χ1n) is 6.81. The van der Waals surface area contributed by atoms with Crippen LogP contribution in [0.4, 0.5) is 0 Å². The van der Waals surface area contributed by atoms with E-state index in [1.165, 1.54) is 18.4 Å². The van der Waals surface area contributed by atoms with Crippen molar-refractivity contribution in [1.29, 1.82) is 0 Å². The van der Waals surface area contributed by atoms with E-state index < -0.39 is 0 Å². The van der Waals surface area contributed by atoms with Crippen LogP contribution in [-0.4, -0.2) is 24.5 Å². The Morgan fingerprint density at radius 3 is 2.39 bits per heavy atom. The molecule has 0 atom stereocenters. The van der Waals surface area contributed by atoms with Crippen molar-refractivity contribution in [1.82, 2.24) is 4.90 Å². The zero-order valence-corrected chi connectivity index (χ0v) is 11.6. The molecule has 98 valence electrons. The summed E-state index contributed by atoms with van der Waals surface area (Å²) in [6.45, 7) is 8.14. The first-order chi connectivity index (χ1) is 8.81. The van der Waals surface area contributed by atoms with Crippen LogP contribution in [0.3, 0.4) is 0 Å². The largest absolute Gasteiger partial charge is 0.320 e. The van der Waals surface area contributed by atoms with Crippen molar-refractivity contribution in [3.63, 3.8) is 0 Å². The Labute approximate surface area is 111 Å². The van der Waals surface area contributed by atoms with E-state index in [0.717, 1.165) is 25.2 Å². The van der Waals surface area contributed by atoms with Gasteiger partial charge in [-0.15, -0.1) is 0 Å². The maximum absolute atomic E-state index is 5.44. The number of nitrogens with zero attached hydrogens (tertiary/aromatic N) is 1. The van der Waals surface area contributed by atoms with Crippen LogP contribution in [0, 0.1) is 11.8 Å². The molecule has 0 aliphatic heterocycles. The van der Waals surface area contributed by atoms with Gasteiger partial charge in [0.05, 0.1) is 6.54 Å². The van der Waals surface area contributed by atoms with Crippen LogP contribution < -0.4 is 5.73 Å². The van der Waals surface area contributed by atoms with Crippen molar-refractivity contribution in [2.45, 2.75) is 33.2 Å². The Balaban J connectivity index is 2.80. The first kappa shape index (κ1) is 14.8. The molecule has 0 amide bonds. The van der Waals surface area contributed by atoms with Gasteiger partial charge in [0, 0.05) is 12.1 Å². The second-order valence-corrected chi connectivity index (χ2v) is 4.44. The lowest BCUT2D eigenvalue weighted by atomic mass is 10.1. The minimum absolute atomic E-state index is 0.419. The molecule has 0 heterocycles. The van der Waals surface area contributed by atoms with E-state index in [0.29, 0.717) is 6.54 Å². The van der Waals surface area contributed by atoms with Gasteiger partial charge in [0.25, 0.3) is 0 Å². The summed E-state index contributed by atoms with van der Waals surface area (Å²) in [5.74, 6) is 6.10. The molecule has 0 aromatic heterocycles. The van der Waals surface area contributed by atoms with Crippen LogP contribution in [-0.2, 0) is 6.54 Å². The summed E-state index contributed by atoms with van der Waals surface area (Å²) >= 11 is 0. The lowest BCUT2D eigenvalue weighted by Gasteiger charge is -2.21. The number of hydrogen-bond acceptors (Lipinski definition) is 2. The molecule has 1 aromatic carbocycles. The average Bonchev–Trinajstić information content (AvgIpc) is 2.38. The zero-order valence-electron chi connectivity index (χ0n) is 11.6. The number of hydrogen-bond donors (Lipinski definition) is 1. The topological polar surface area (TPSA) is 29.3 Å². The van der Waals surface area contributed by atoms with Gasteiger partial charge in [-0.3, -0.25) is 4.90 Å². The first-order valence-corrected chi connectivity index (χ1v) is 6.81. The van der Waals surface area contributed by atoms with Crippen molar-refractivity contribution in [3.05, 3.63) is 35.4 Å². The molecule has 0 bridgehead atoms. The second-order valence-electron chi connectivity index (χ2n) is 4.44. The summed E-state index contributed by atoms with van der Waals surface area (Å²) in [4.78, 5) is 2.49. The van der Waals surface area contributed by atoms with Gasteiger partial charge in [-0.05, 0) is 37.6 Å². The monoisotopic (exact) mass is 244 g/mol.